The molecule has 0 atom stereocenters. The first kappa shape index (κ1) is 11.4. The summed E-state index contributed by atoms with van der Waals surface area (Å²) in [5.74, 6) is -1.25. The Labute approximate surface area is 100 Å². The molecule has 0 bridgehead atoms. The van der Waals surface area contributed by atoms with Crippen molar-refractivity contribution in [1.29, 1.82) is 0 Å². The van der Waals surface area contributed by atoms with Crippen molar-refractivity contribution in [2.45, 2.75) is 18.3 Å². The monoisotopic (exact) mass is 288 g/mol. The molecule has 1 saturated carbocycles. The van der Waals surface area contributed by atoms with Crippen LogP contribution in [0.25, 0.3) is 0 Å². The van der Waals surface area contributed by atoms with E-state index in [1.165, 1.54) is 19.2 Å². The van der Waals surface area contributed by atoms with Gasteiger partial charge in [0.2, 0.25) is 0 Å². The number of hydrogen-bond acceptors (Lipinski definition) is 2. The van der Waals surface area contributed by atoms with E-state index in [4.69, 9.17) is 9.84 Å². The van der Waals surface area contributed by atoms with E-state index in [9.17, 15) is 9.18 Å². The maximum Gasteiger partial charge on any atom is 0.314 e. The van der Waals surface area contributed by atoms with Gasteiger partial charge in [-0.05, 0) is 40.9 Å². The fourth-order valence-corrected chi connectivity index (χ4v) is 2.37. The minimum Gasteiger partial charge on any atom is -0.495 e. The maximum absolute atomic E-state index is 13.7. The summed E-state index contributed by atoms with van der Waals surface area (Å²) >= 11 is 3.23. The van der Waals surface area contributed by atoms with E-state index in [1.807, 2.05) is 0 Å². The van der Waals surface area contributed by atoms with Crippen LogP contribution in [0.4, 0.5) is 4.39 Å². The summed E-state index contributed by atoms with van der Waals surface area (Å²) in [6, 6.07) is 2.76. The second kappa shape index (κ2) is 3.73. The molecule has 1 aromatic carbocycles. The van der Waals surface area contributed by atoms with Crippen molar-refractivity contribution in [3.63, 3.8) is 0 Å². The largest absolute Gasteiger partial charge is 0.495 e. The van der Waals surface area contributed by atoms with Crippen molar-refractivity contribution >= 4 is 21.9 Å². The third kappa shape index (κ3) is 1.50. The molecule has 2 rings (SSSR count). The second-order valence-corrected chi connectivity index (χ2v) is 4.68. The van der Waals surface area contributed by atoms with Crippen molar-refractivity contribution in [3.05, 3.63) is 28.0 Å². The Hall–Kier alpha value is -1.10. The molecule has 0 unspecified atom stereocenters. The Balaban J connectivity index is 2.64. The van der Waals surface area contributed by atoms with Gasteiger partial charge in [-0.3, -0.25) is 4.79 Å². The minimum absolute atomic E-state index is 0.150. The van der Waals surface area contributed by atoms with E-state index in [0.29, 0.717) is 17.3 Å². The Morgan fingerprint density at radius 2 is 2.19 bits per heavy atom. The average molecular weight is 289 g/mol. The number of methoxy groups -OCH3 is 1. The lowest BCUT2D eigenvalue weighted by Crippen LogP contribution is -2.22. The van der Waals surface area contributed by atoms with Gasteiger partial charge in [-0.2, -0.15) is 0 Å². The van der Waals surface area contributed by atoms with Crippen molar-refractivity contribution in [3.8, 4) is 5.75 Å². The van der Waals surface area contributed by atoms with Crippen molar-refractivity contribution in [2.24, 2.45) is 0 Å². The Kier molecular flexibility index (Phi) is 2.66. The molecule has 1 aromatic rings. The van der Waals surface area contributed by atoms with Crippen molar-refractivity contribution < 1.29 is 19.0 Å². The highest BCUT2D eigenvalue weighted by molar-refractivity contribution is 9.10. The average Bonchev–Trinajstić information content (AvgIpc) is 3.02. The van der Waals surface area contributed by atoms with Crippen LogP contribution in [0.3, 0.4) is 0 Å². The van der Waals surface area contributed by atoms with Gasteiger partial charge < -0.3 is 9.84 Å². The molecule has 3 nitrogen and oxygen atoms in total. The highest BCUT2D eigenvalue weighted by atomic mass is 79.9. The van der Waals surface area contributed by atoms with Gasteiger partial charge in [0.05, 0.1) is 17.0 Å². The number of aliphatic carboxylic acids is 1. The fraction of sp³-hybridized carbons (Fsp3) is 0.364. The first-order valence-electron chi connectivity index (χ1n) is 4.79. The lowest BCUT2D eigenvalue weighted by Gasteiger charge is -2.16. The SMILES string of the molecule is COc1c(Br)ccc(F)c1C1(C(=O)O)CC1. The predicted octanol–water partition coefficient (Wildman–Crippen LogP) is 2.71. The van der Waals surface area contributed by atoms with Gasteiger partial charge in [0.25, 0.3) is 0 Å². The molecule has 0 spiro atoms. The summed E-state index contributed by atoms with van der Waals surface area (Å²) in [6.07, 6.45) is 0.901. The predicted molar refractivity (Wildman–Crippen MR) is 59.2 cm³/mol. The summed E-state index contributed by atoms with van der Waals surface area (Å²) in [5, 5.41) is 9.15. The third-order valence-corrected chi connectivity index (χ3v) is 3.53. The number of halogens is 2. The third-order valence-electron chi connectivity index (χ3n) is 2.90. The van der Waals surface area contributed by atoms with Gasteiger partial charge in [0, 0.05) is 5.56 Å². The van der Waals surface area contributed by atoms with E-state index < -0.39 is 17.2 Å². The van der Waals surface area contributed by atoms with E-state index in [-0.39, 0.29) is 11.3 Å². The Bertz CT molecular complexity index is 455. The van der Waals surface area contributed by atoms with E-state index in [2.05, 4.69) is 15.9 Å². The molecular weight excluding hydrogens is 279 g/mol. The van der Waals surface area contributed by atoms with Gasteiger partial charge in [-0.1, -0.05) is 0 Å². The van der Waals surface area contributed by atoms with Crippen LogP contribution >= 0.6 is 15.9 Å². The fourth-order valence-electron chi connectivity index (χ4n) is 1.87. The van der Waals surface area contributed by atoms with E-state index in [0.717, 1.165) is 0 Å². The molecule has 1 aliphatic rings. The molecule has 0 radical (unpaired) electrons. The van der Waals surface area contributed by atoms with Crippen molar-refractivity contribution in [2.75, 3.05) is 7.11 Å². The molecule has 86 valence electrons. The summed E-state index contributed by atoms with van der Waals surface area (Å²) in [7, 11) is 1.40. The summed E-state index contributed by atoms with van der Waals surface area (Å²) in [6.45, 7) is 0. The Morgan fingerprint density at radius 1 is 1.56 bits per heavy atom. The normalized spacial score (nSPS) is 16.9. The van der Waals surface area contributed by atoms with Crippen LogP contribution in [0.5, 0.6) is 5.75 Å². The lowest BCUT2D eigenvalue weighted by molar-refractivity contribution is -0.140. The molecule has 0 saturated heterocycles. The van der Waals surface area contributed by atoms with Gasteiger partial charge in [0.1, 0.15) is 11.6 Å². The van der Waals surface area contributed by atoms with Gasteiger partial charge in [-0.15, -0.1) is 0 Å². The highest BCUT2D eigenvalue weighted by Crippen LogP contribution is 2.53. The topological polar surface area (TPSA) is 46.5 Å². The molecule has 1 N–H and O–H groups in total. The Morgan fingerprint density at radius 3 is 2.62 bits per heavy atom. The zero-order valence-electron chi connectivity index (χ0n) is 8.59. The number of hydrogen-bond donors (Lipinski definition) is 1. The first-order valence-corrected chi connectivity index (χ1v) is 5.58. The minimum atomic E-state index is -1.10. The van der Waals surface area contributed by atoms with Crippen LogP contribution < -0.4 is 4.74 Å². The number of ether oxygens (including phenoxy) is 1. The smallest absolute Gasteiger partial charge is 0.314 e. The number of rotatable bonds is 3. The van der Waals surface area contributed by atoms with Crippen LogP contribution in [0.15, 0.2) is 16.6 Å². The molecule has 0 heterocycles. The standard InChI is InChI=1S/C11H10BrFO3/c1-16-9-6(12)2-3-7(13)8(9)11(4-5-11)10(14)15/h2-3H,4-5H2,1H3,(H,14,15). The summed E-state index contributed by atoms with van der Waals surface area (Å²) in [4.78, 5) is 11.2. The molecule has 5 heteroatoms. The molecule has 16 heavy (non-hydrogen) atoms. The number of carboxylic acids is 1. The van der Waals surface area contributed by atoms with Gasteiger partial charge in [0.15, 0.2) is 0 Å². The van der Waals surface area contributed by atoms with Crippen LogP contribution in [0.1, 0.15) is 18.4 Å². The van der Waals surface area contributed by atoms with E-state index in [1.54, 1.807) is 0 Å². The van der Waals surface area contributed by atoms with Crippen molar-refractivity contribution in [1.82, 2.24) is 0 Å². The molecule has 0 aromatic heterocycles. The lowest BCUT2D eigenvalue weighted by atomic mass is 9.94. The van der Waals surface area contributed by atoms with Gasteiger partial charge in [-0.25, -0.2) is 4.39 Å². The van der Waals surface area contributed by atoms with Gasteiger partial charge >= 0.3 is 5.97 Å². The molecule has 0 aliphatic heterocycles. The van der Waals surface area contributed by atoms with Crippen LogP contribution in [0, 0.1) is 5.82 Å². The second-order valence-electron chi connectivity index (χ2n) is 3.82. The highest BCUT2D eigenvalue weighted by Gasteiger charge is 2.55. The van der Waals surface area contributed by atoms with Crippen LogP contribution in [-0.4, -0.2) is 18.2 Å². The zero-order chi connectivity index (χ0) is 11.9. The van der Waals surface area contributed by atoms with Crippen LogP contribution in [-0.2, 0) is 10.2 Å². The summed E-state index contributed by atoms with van der Waals surface area (Å²) < 4.78 is 19.4. The summed E-state index contributed by atoms with van der Waals surface area (Å²) in [5.41, 5.74) is -0.948. The number of benzene rings is 1. The van der Waals surface area contributed by atoms with Crippen LogP contribution in [0.2, 0.25) is 0 Å². The number of carboxylic acid groups (broad SMARTS) is 1. The quantitative estimate of drug-likeness (QED) is 0.930. The molecule has 0 amide bonds. The maximum atomic E-state index is 13.7. The molecule has 1 aliphatic carbocycles. The number of carbonyl (C=O) groups is 1. The molecular formula is C11H10BrFO3. The first-order chi connectivity index (χ1) is 7.53. The zero-order valence-corrected chi connectivity index (χ0v) is 10.2. The van der Waals surface area contributed by atoms with E-state index >= 15 is 0 Å². The molecule has 1 fully saturated rings.